The smallest absolute Gasteiger partial charge is 0.192 e. The molecule has 0 saturated heterocycles. The summed E-state index contributed by atoms with van der Waals surface area (Å²) in [5.74, 6) is -0.0398. The van der Waals surface area contributed by atoms with Crippen LogP contribution in [0.1, 0.15) is 13.3 Å². The van der Waals surface area contributed by atoms with Gasteiger partial charge in [0.2, 0.25) is 0 Å². The first-order chi connectivity index (χ1) is 8.51. The first-order valence-electron chi connectivity index (χ1n) is 5.78. The summed E-state index contributed by atoms with van der Waals surface area (Å²) < 4.78 is 45.6. The molecule has 3 unspecified atom stereocenters. The molecule has 0 heterocycles. The van der Waals surface area contributed by atoms with Gasteiger partial charge in [0.25, 0.3) is 0 Å². The van der Waals surface area contributed by atoms with E-state index in [-0.39, 0.29) is 29.9 Å². The summed E-state index contributed by atoms with van der Waals surface area (Å²) in [6.45, 7) is 8.84. The zero-order chi connectivity index (χ0) is 13.7. The van der Waals surface area contributed by atoms with E-state index in [0.29, 0.717) is 0 Å². The number of alkyl halides is 3. The molecule has 0 radical (unpaired) electrons. The van der Waals surface area contributed by atoms with Crippen molar-refractivity contribution in [2.45, 2.75) is 31.9 Å². The Hall–Kier alpha value is -1.45. The highest BCUT2D eigenvalue weighted by molar-refractivity contribution is 5.41. The van der Waals surface area contributed by atoms with Crippen molar-refractivity contribution in [3.8, 4) is 0 Å². The van der Waals surface area contributed by atoms with Crippen LogP contribution in [0.3, 0.4) is 0 Å². The maximum absolute atomic E-state index is 13.8. The number of halogens is 3. The first-order valence-corrected chi connectivity index (χ1v) is 5.78. The summed E-state index contributed by atoms with van der Waals surface area (Å²) in [4.78, 5) is 0. The molecule has 0 saturated carbocycles. The third-order valence-corrected chi connectivity index (χ3v) is 2.67. The van der Waals surface area contributed by atoms with Gasteiger partial charge in [-0.15, -0.1) is 6.58 Å². The van der Waals surface area contributed by atoms with Crippen LogP contribution in [-0.4, -0.2) is 25.1 Å². The highest BCUT2D eigenvalue weighted by atomic mass is 19.2. The van der Waals surface area contributed by atoms with Gasteiger partial charge in [0, 0.05) is 6.42 Å². The second kappa shape index (κ2) is 6.47. The van der Waals surface area contributed by atoms with E-state index >= 15 is 0 Å². The van der Waals surface area contributed by atoms with Crippen molar-refractivity contribution >= 4 is 0 Å². The average Bonchev–Trinajstić information content (AvgIpc) is 2.35. The molecule has 1 rings (SSSR count). The molecule has 0 aliphatic heterocycles. The van der Waals surface area contributed by atoms with Crippen molar-refractivity contribution in [2.75, 3.05) is 6.61 Å². The van der Waals surface area contributed by atoms with Gasteiger partial charge in [0.1, 0.15) is 11.9 Å². The van der Waals surface area contributed by atoms with E-state index < -0.39 is 18.5 Å². The van der Waals surface area contributed by atoms with E-state index in [1.54, 1.807) is 6.92 Å². The van der Waals surface area contributed by atoms with E-state index in [0.717, 1.165) is 6.08 Å². The first kappa shape index (κ1) is 14.6. The predicted octanol–water partition coefficient (Wildman–Crippen LogP) is 3.99. The monoisotopic (exact) mass is 258 g/mol. The van der Waals surface area contributed by atoms with Gasteiger partial charge in [-0.2, -0.15) is 0 Å². The molecule has 0 N–H and O–H groups in total. The standard InChI is InChI=1S/C14H17F3O/c1-4-10(15)8-9(3)11-6-7-12(18-5-2)14(17)13(11)16/h4,6-7,10,13-14H,1,3,5,8H2,2H3. The SMILES string of the molecule is C=CC(F)CC(=C)C1=CC=C(OCC)C(F)C1F. The van der Waals surface area contributed by atoms with E-state index in [1.807, 2.05) is 0 Å². The molecule has 0 aromatic rings. The molecular formula is C14H17F3O. The van der Waals surface area contributed by atoms with Gasteiger partial charge in [-0.1, -0.05) is 18.7 Å². The summed E-state index contributed by atoms with van der Waals surface area (Å²) in [5.41, 5.74) is 0.319. The Kier molecular flexibility index (Phi) is 5.25. The van der Waals surface area contributed by atoms with Crippen LogP contribution in [0.5, 0.6) is 0 Å². The minimum Gasteiger partial charge on any atom is -0.495 e. The number of allylic oxidation sites excluding steroid dienone is 6. The molecule has 18 heavy (non-hydrogen) atoms. The fourth-order valence-electron chi connectivity index (χ4n) is 1.70. The van der Waals surface area contributed by atoms with Gasteiger partial charge in [-0.25, -0.2) is 13.2 Å². The lowest BCUT2D eigenvalue weighted by atomic mass is 9.91. The lowest BCUT2D eigenvalue weighted by Crippen LogP contribution is -2.27. The van der Waals surface area contributed by atoms with Gasteiger partial charge in [0.05, 0.1) is 6.61 Å². The van der Waals surface area contributed by atoms with Crippen LogP contribution in [-0.2, 0) is 4.74 Å². The third kappa shape index (κ3) is 3.28. The molecule has 100 valence electrons. The lowest BCUT2D eigenvalue weighted by Gasteiger charge is -2.24. The topological polar surface area (TPSA) is 9.23 Å². The molecule has 0 amide bonds. The van der Waals surface area contributed by atoms with E-state index in [4.69, 9.17) is 4.74 Å². The number of ether oxygens (including phenoxy) is 1. The van der Waals surface area contributed by atoms with Crippen molar-refractivity contribution in [2.24, 2.45) is 0 Å². The molecule has 1 aliphatic carbocycles. The maximum atomic E-state index is 13.8. The van der Waals surface area contributed by atoms with Crippen LogP contribution in [0, 0.1) is 0 Å². The molecule has 0 aromatic carbocycles. The molecule has 0 bridgehead atoms. The van der Waals surface area contributed by atoms with Gasteiger partial charge >= 0.3 is 0 Å². The lowest BCUT2D eigenvalue weighted by molar-refractivity contribution is 0.120. The van der Waals surface area contributed by atoms with E-state index in [2.05, 4.69) is 13.2 Å². The minimum atomic E-state index is -1.86. The van der Waals surface area contributed by atoms with Gasteiger partial charge < -0.3 is 4.74 Å². The largest absolute Gasteiger partial charge is 0.495 e. The fourth-order valence-corrected chi connectivity index (χ4v) is 1.70. The third-order valence-electron chi connectivity index (χ3n) is 2.67. The van der Waals surface area contributed by atoms with Crippen LogP contribution < -0.4 is 0 Å². The van der Waals surface area contributed by atoms with E-state index in [1.165, 1.54) is 12.2 Å². The maximum Gasteiger partial charge on any atom is 0.192 e. The van der Waals surface area contributed by atoms with Crippen LogP contribution >= 0.6 is 0 Å². The Labute approximate surface area is 105 Å². The Morgan fingerprint density at radius 3 is 2.67 bits per heavy atom. The average molecular weight is 258 g/mol. The number of hydrogen-bond acceptors (Lipinski definition) is 1. The Bertz CT molecular complexity index is 385. The van der Waals surface area contributed by atoms with Crippen molar-refractivity contribution in [3.63, 3.8) is 0 Å². The molecule has 1 aliphatic rings. The van der Waals surface area contributed by atoms with Crippen molar-refractivity contribution in [3.05, 3.63) is 48.3 Å². The zero-order valence-electron chi connectivity index (χ0n) is 10.3. The highest BCUT2D eigenvalue weighted by Gasteiger charge is 2.33. The van der Waals surface area contributed by atoms with Crippen molar-refractivity contribution in [1.82, 2.24) is 0 Å². The molecule has 3 atom stereocenters. The van der Waals surface area contributed by atoms with Gasteiger partial charge in [-0.3, -0.25) is 0 Å². The van der Waals surface area contributed by atoms with Gasteiger partial charge in [-0.05, 0) is 24.1 Å². The summed E-state index contributed by atoms with van der Waals surface area (Å²) in [5, 5.41) is 0. The second-order valence-electron chi connectivity index (χ2n) is 3.99. The molecular weight excluding hydrogens is 241 g/mol. The minimum absolute atomic E-state index is 0.0398. The summed E-state index contributed by atoms with van der Waals surface area (Å²) in [6, 6.07) is 0. The molecule has 1 nitrogen and oxygen atoms in total. The molecule has 4 heteroatoms. The Morgan fingerprint density at radius 2 is 2.11 bits per heavy atom. The Morgan fingerprint density at radius 1 is 1.44 bits per heavy atom. The van der Waals surface area contributed by atoms with Crippen LogP contribution in [0.25, 0.3) is 0 Å². The van der Waals surface area contributed by atoms with E-state index in [9.17, 15) is 13.2 Å². The van der Waals surface area contributed by atoms with Crippen LogP contribution in [0.2, 0.25) is 0 Å². The normalized spacial score (nSPS) is 24.9. The van der Waals surface area contributed by atoms with Crippen molar-refractivity contribution in [1.29, 1.82) is 0 Å². The Balaban J connectivity index is 2.83. The molecule has 0 spiro atoms. The molecule has 0 aromatic heterocycles. The fraction of sp³-hybridized carbons (Fsp3) is 0.429. The predicted molar refractivity (Wildman–Crippen MR) is 66.4 cm³/mol. The summed E-state index contributed by atoms with van der Waals surface area (Å²) >= 11 is 0. The summed E-state index contributed by atoms with van der Waals surface area (Å²) in [6.07, 6.45) is -1.24. The highest BCUT2D eigenvalue weighted by Crippen LogP contribution is 2.31. The second-order valence-corrected chi connectivity index (χ2v) is 3.99. The number of rotatable bonds is 6. The van der Waals surface area contributed by atoms with Crippen molar-refractivity contribution < 1.29 is 17.9 Å². The summed E-state index contributed by atoms with van der Waals surface area (Å²) in [7, 11) is 0. The van der Waals surface area contributed by atoms with Gasteiger partial charge in [0.15, 0.2) is 12.3 Å². The van der Waals surface area contributed by atoms with Crippen LogP contribution in [0.15, 0.2) is 48.3 Å². The number of hydrogen-bond donors (Lipinski definition) is 0. The van der Waals surface area contributed by atoms with Crippen LogP contribution in [0.4, 0.5) is 13.2 Å². The quantitative estimate of drug-likeness (QED) is 0.654. The molecule has 0 fully saturated rings. The zero-order valence-corrected chi connectivity index (χ0v) is 10.3.